The van der Waals surface area contributed by atoms with Gasteiger partial charge >= 0.3 is 0 Å². The van der Waals surface area contributed by atoms with Crippen LogP contribution in [-0.4, -0.2) is 27.1 Å². The van der Waals surface area contributed by atoms with Crippen molar-refractivity contribution in [2.24, 2.45) is 5.92 Å². The molecule has 0 unspecified atom stereocenters. The summed E-state index contributed by atoms with van der Waals surface area (Å²) in [5.74, 6) is 2.42. The van der Waals surface area contributed by atoms with Crippen LogP contribution in [0.4, 0.5) is 0 Å². The highest BCUT2D eigenvalue weighted by atomic mass is 32.2. The molecule has 1 aromatic heterocycles. The fourth-order valence-corrected chi connectivity index (χ4v) is 2.09. The first-order chi connectivity index (χ1) is 7.13. The van der Waals surface area contributed by atoms with Crippen molar-refractivity contribution in [2.45, 2.75) is 27.3 Å². The van der Waals surface area contributed by atoms with E-state index in [1.165, 1.54) is 0 Å². The summed E-state index contributed by atoms with van der Waals surface area (Å²) in [6.07, 6.45) is 3.47. The van der Waals surface area contributed by atoms with E-state index in [0.29, 0.717) is 11.7 Å². The zero-order valence-corrected chi connectivity index (χ0v) is 10.4. The SMILES string of the molecule is CCn1cc(C(=O)CSCC(C)C)cn1. The number of hydrogen-bond donors (Lipinski definition) is 0. The van der Waals surface area contributed by atoms with Gasteiger partial charge in [0.25, 0.3) is 0 Å². The number of Topliss-reactive ketones (excluding diaryl/α,β-unsaturated/α-hetero) is 1. The highest BCUT2D eigenvalue weighted by molar-refractivity contribution is 7.99. The molecule has 4 heteroatoms. The molecular formula is C11H18N2OS. The summed E-state index contributed by atoms with van der Waals surface area (Å²) in [6, 6.07) is 0. The molecule has 84 valence electrons. The molecule has 0 saturated heterocycles. The molecule has 0 spiro atoms. The van der Waals surface area contributed by atoms with Gasteiger partial charge in [-0.25, -0.2) is 0 Å². The van der Waals surface area contributed by atoms with E-state index < -0.39 is 0 Å². The van der Waals surface area contributed by atoms with Gasteiger partial charge in [0, 0.05) is 12.7 Å². The standard InChI is InChI=1S/C11H18N2OS/c1-4-13-6-10(5-12-13)11(14)8-15-7-9(2)3/h5-6,9H,4,7-8H2,1-3H3. The average molecular weight is 226 g/mol. The molecule has 1 rings (SSSR count). The van der Waals surface area contributed by atoms with Crippen LogP contribution >= 0.6 is 11.8 Å². The topological polar surface area (TPSA) is 34.9 Å². The van der Waals surface area contributed by atoms with Crippen LogP contribution < -0.4 is 0 Å². The van der Waals surface area contributed by atoms with E-state index in [2.05, 4.69) is 18.9 Å². The van der Waals surface area contributed by atoms with E-state index in [1.54, 1.807) is 22.6 Å². The number of rotatable bonds is 6. The summed E-state index contributed by atoms with van der Waals surface area (Å²) in [5, 5.41) is 4.09. The second-order valence-electron chi connectivity index (χ2n) is 3.92. The van der Waals surface area contributed by atoms with Crippen LogP contribution in [0.25, 0.3) is 0 Å². The van der Waals surface area contributed by atoms with Gasteiger partial charge in [-0.15, -0.1) is 0 Å². The highest BCUT2D eigenvalue weighted by Gasteiger charge is 2.08. The van der Waals surface area contributed by atoms with Crippen LogP contribution in [0.3, 0.4) is 0 Å². The maximum Gasteiger partial charge on any atom is 0.175 e. The van der Waals surface area contributed by atoms with Crippen molar-refractivity contribution in [3.8, 4) is 0 Å². The van der Waals surface area contributed by atoms with Gasteiger partial charge in [-0.1, -0.05) is 13.8 Å². The highest BCUT2D eigenvalue weighted by Crippen LogP contribution is 2.10. The van der Waals surface area contributed by atoms with Gasteiger partial charge < -0.3 is 0 Å². The third kappa shape index (κ3) is 4.08. The second kappa shape index (κ2) is 5.95. The zero-order chi connectivity index (χ0) is 11.3. The summed E-state index contributed by atoms with van der Waals surface area (Å²) >= 11 is 1.69. The molecule has 0 bridgehead atoms. The van der Waals surface area contributed by atoms with Gasteiger partial charge in [0.05, 0.1) is 17.5 Å². The monoisotopic (exact) mass is 226 g/mol. The molecule has 0 aliphatic carbocycles. The fraction of sp³-hybridized carbons (Fsp3) is 0.636. The molecule has 0 aliphatic rings. The summed E-state index contributed by atoms with van der Waals surface area (Å²) in [4.78, 5) is 11.7. The molecule has 0 atom stereocenters. The average Bonchev–Trinajstić information content (AvgIpc) is 2.65. The van der Waals surface area contributed by atoms with Crippen molar-refractivity contribution in [3.63, 3.8) is 0 Å². The first kappa shape index (κ1) is 12.3. The van der Waals surface area contributed by atoms with Crippen molar-refractivity contribution in [1.29, 1.82) is 0 Å². The minimum absolute atomic E-state index is 0.181. The Labute approximate surface area is 95.2 Å². The fourth-order valence-electron chi connectivity index (χ4n) is 1.15. The van der Waals surface area contributed by atoms with Crippen molar-refractivity contribution >= 4 is 17.5 Å². The summed E-state index contributed by atoms with van der Waals surface area (Å²) < 4.78 is 1.78. The van der Waals surface area contributed by atoms with Crippen LogP contribution in [-0.2, 0) is 6.54 Å². The van der Waals surface area contributed by atoms with Crippen molar-refractivity contribution in [3.05, 3.63) is 18.0 Å². The van der Waals surface area contributed by atoms with E-state index in [-0.39, 0.29) is 5.78 Å². The van der Waals surface area contributed by atoms with E-state index in [0.717, 1.165) is 17.9 Å². The first-order valence-corrected chi connectivity index (χ1v) is 6.42. The quantitative estimate of drug-likeness (QED) is 0.699. The lowest BCUT2D eigenvalue weighted by Gasteiger charge is -2.02. The normalized spacial score (nSPS) is 10.9. The number of aromatic nitrogens is 2. The molecule has 3 nitrogen and oxygen atoms in total. The van der Waals surface area contributed by atoms with Gasteiger partial charge in [0.15, 0.2) is 5.78 Å². The smallest absolute Gasteiger partial charge is 0.175 e. The number of thioether (sulfide) groups is 1. The molecule has 0 amide bonds. The molecule has 15 heavy (non-hydrogen) atoms. The van der Waals surface area contributed by atoms with E-state index in [4.69, 9.17) is 0 Å². The number of aryl methyl sites for hydroxylation is 1. The minimum atomic E-state index is 0.181. The predicted octanol–water partition coefficient (Wildman–Crippen LogP) is 2.47. The number of carbonyl (C=O) groups is 1. The molecule has 0 fully saturated rings. The Hall–Kier alpha value is -0.770. The Balaban J connectivity index is 2.40. The van der Waals surface area contributed by atoms with Gasteiger partial charge in [0.2, 0.25) is 0 Å². The Morgan fingerprint density at radius 3 is 2.87 bits per heavy atom. The molecule has 0 aromatic carbocycles. The van der Waals surface area contributed by atoms with Crippen molar-refractivity contribution in [2.75, 3.05) is 11.5 Å². The lowest BCUT2D eigenvalue weighted by molar-refractivity contribution is 0.102. The van der Waals surface area contributed by atoms with Crippen LogP contribution in [0.2, 0.25) is 0 Å². The zero-order valence-electron chi connectivity index (χ0n) is 9.56. The van der Waals surface area contributed by atoms with Gasteiger partial charge in [-0.05, 0) is 18.6 Å². The minimum Gasteiger partial charge on any atom is -0.293 e. The number of hydrogen-bond acceptors (Lipinski definition) is 3. The number of nitrogens with zero attached hydrogens (tertiary/aromatic N) is 2. The van der Waals surface area contributed by atoms with Gasteiger partial charge in [0.1, 0.15) is 0 Å². The van der Waals surface area contributed by atoms with E-state index >= 15 is 0 Å². The predicted molar refractivity (Wildman–Crippen MR) is 64.4 cm³/mol. The maximum atomic E-state index is 11.7. The number of ketones is 1. The number of carbonyl (C=O) groups excluding carboxylic acids is 1. The summed E-state index contributed by atoms with van der Waals surface area (Å²) in [6.45, 7) is 7.14. The summed E-state index contributed by atoms with van der Waals surface area (Å²) in [5.41, 5.74) is 0.730. The second-order valence-corrected chi connectivity index (χ2v) is 4.95. The molecule has 1 aromatic rings. The van der Waals surface area contributed by atoms with E-state index in [9.17, 15) is 4.79 Å². The third-order valence-electron chi connectivity index (χ3n) is 1.96. The third-order valence-corrected chi connectivity index (χ3v) is 3.33. The maximum absolute atomic E-state index is 11.7. The summed E-state index contributed by atoms with van der Waals surface area (Å²) in [7, 11) is 0. The molecule has 0 N–H and O–H groups in total. The lowest BCUT2D eigenvalue weighted by Crippen LogP contribution is -2.03. The first-order valence-electron chi connectivity index (χ1n) is 5.27. The van der Waals surface area contributed by atoms with Crippen molar-refractivity contribution < 1.29 is 4.79 Å². The Kier molecular flexibility index (Phi) is 4.88. The Morgan fingerprint density at radius 1 is 1.60 bits per heavy atom. The lowest BCUT2D eigenvalue weighted by atomic mass is 10.3. The van der Waals surface area contributed by atoms with Crippen LogP contribution in [0.15, 0.2) is 12.4 Å². The van der Waals surface area contributed by atoms with Crippen LogP contribution in [0.1, 0.15) is 31.1 Å². The van der Waals surface area contributed by atoms with Crippen LogP contribution in [0, 0.1) is 5.92 Å². The van der Waals surface area contributed by atoms with Gasteiger partial charge in [-0.2, -0.15) is 16.9 Å². The van der Waals surface area contributed by atoms with Crippen LogP contribution in [0.5, 0.6) is 0 Å². The van der Waals surface area contributed by atoms with E-state index in [1.807, 2.05) is 13.1 Å². The largest absolute Gasteiger partial charge is 0.293 e. The Morgan fingerprint density at radius 2 is 2.33 bits per heavy atom. The molecular weight excluding hydrogens is 208 g/mol. The molecule has 1 heterocycles. The van der Waals surface area contributed by atoms with Crippen molar-refractivity contribution in [1.82, 2.24) is 9.78 Å². The molecule has 0 radical (unpaired) electrons. The molecule has 0 aliphatic heterocycles. The van der Waals surface area contributed by atoms with Gasteiger partial charge in [-0.3, -0.25) is 9.48 Å². The molecule has 0 saturated carbocycles. The Bertz CT molecular complexity index is 320.